The van der Waals surface area contributed by atoms with Gasteiger partial charge in [0.15, 0.2) is 12.4 Å². The molecule has 1 heterocycles. The predicted molar refractivity (Wildman–Crippen MR) is 98.7 cm³/mol. The molecule has 26 heavy (non-hydrogen) atoms. The lowest BCUT2D eigenvalue weighted by Gasteiger charge is -2.17. The normalized spacial score (nSPS) is 16.6. The van der Waals surface area contributed by atoms with Crippen LogP contribution in [-0.2, 0) is 14.3 Å². The van der Waals surface area contributed by atoms with Gasteiger partial charge in [0.05, 0.1) is 16.0 Å². The van der Waals surface area contributed by atoms with Gasteiger partial charge in [-0.05, 0) is 18.2 Å². The van der Waals surface area contributed by atoms with Gasteiger partial charge in [-0.3, -0.25) is 14.4 Å². The highest BCUT2D eigenvalue weighted by molar-refractivity contribution is 6.42. The van der Waals surface area contributed by atoms with Crippen LogP contribution in [0.1, 0.15) is 16.8 Å². The van der Waals surface area contributed by atoms with Gasteiger partial charge in [0.1, 0.15) is 0 Å². The smallest absolute Gasteiger partial charge is 0.311 e. The first-order valence-electron chi connectivity index (χ1n) is 7.96. The fourth-order valence-corrected chi connectivity index (χ4v) is 3.02. The molecule has 2 aromatic carbocycles. The topological polar surface area (TPSA) is 63.7 Å². The van der Waals surface area contributed by atoms with Gasteiger partial charge in [-0.2, -0.15) is 0 Å². The van der Waals surface area contributed by atoms with Gasteiger partial charge in [0.2, 0.25) is 5.91 Å². The molecule has 0 spiro atoms. The maximum Gasteiger partial charge on any atom is 0.311 e. The Labute approximate surface area is 160 Å². The van der Waals surface area contributed by atoms with Crippen LogP contribution in [0.2, 0.25) is 10.0 Å². The summed E-state index contributed by atoms with van der Waals surface area (Å²) in [6, 6.07) is 13.4. The van der Waals surface area contributed by atoms with Crippen molar-refractivity contribution in [3.8, 4) is 0 Å². The van der Waals surface area contributed by atoms with Crippen molar-refractivity contribution in [2.75, 3.05) is 18.1 Å². The lowest BCUT2D eigenvalue weighted by Crippen LogP contribution is -2.27. The number of hydrogen-bond donors (Lipinski definition) is 0. The van der Waals surface area contributed by atoms with E-state index in [4.69, 9.17) is 27.9 Å². The number of carbonyl (C=O) groups excluding carboxylic acids is 3. The van der Waals surface area contributed by atoms with Crippen molar-refractivity contribution in [3.63, 3.8) is 0 Å². The Morgan fingerprint density at radius 3 is 2.50 bits per heavy atom. The van der Waals surface area contributed by atoms with Crippen molar-refractivity contribution in [1.29, 1.82) is 0 Å². The van der Waals surface area contributed by atoms with Crippen LogP contribution in [0, 0.1) is 5.92 Å². The van der Waals surface area contributed by atoms with Crippen LogP contribution in [-0.4, -0.2) is 30.8 Å². The third kappa shape index (κ3) is 4.06. The molecule has 5 nitrogen and oxygen atoms in total. The summed E-state index contributed by atoms with van der Waals surface area (Å²) in [5.41, 5.74) is 1.04. The highest BCUT2D eigenvalue weighted by Crippen LogP contribution is 2.31. The Bertz CT molecular complexity index is 854. The Hall–Kier alpha value is -2.37. The molecule has 0 bridgehead atoms. The quantitative estimate of drug-likeness (QED) is 0.574. The number of nitrogens with zero attached hydrogens (tertiary/aromatic N) is 1. The number of carbonyl (C=O) groups is 3. The molecule has 0 N–H and O–H groups in total. The molecule has 1 unspecified atom stereocenters. The number of ether oxygens (including phenoxy) is 1. The Morgan fingerprint density at radius 1 is 1.08 bits per heavy atom. The maximum atomic E-state index is 12.2. The van der Waals surface area contributed by atoms with E-state index >= 15 is 0 Å². The molecule has 1 atom stereocenters. The standard InChI is InChI=1S/C19H15Cl2NO4/c20-15-7-6-14(9-16(15)21)22-10-13(8-18(22)24)19(25)26-11-17(23)12-4-2-1-3-5-12/h1-7,9,13H,8,10-11H2. The molecule has 0 aliphatic carbocycles. The van der Waals surface area contributed by atoms with E-state index in [2.05, 4.69) is 0 Å². The van der Waals surface area contributed by atoms with Crippen LogP contribution in [0.5, 0.6) is 0 Å². The molecule has 0 saturated carbocycles. The first kappa shape index (κ1) is 18.4. The van der Waals surface area contributed by atoms with E-state index in [1.807, 2.05) is 0 Å². The number of amides is 1. The van der Waals surface area contributed by atoms with E-state index in [1.54, 1.807) is 48.5 Å². The average Bonchev–Trinajstić information content (AvgIpc) is 3.04. The third-order valence-electron chi connectivity index (χ3n) is 4.11. The van der Waals surface area contributed by atoms with Crippen LogP contribution in [0.15, 0.2) is 48.5 Å². The van der Waals surface area contributed by atoms with E-state index in [0.29, 0.717) is 21.3 Å². The Balaban J connectivity index is 1.60. The van der Waals surface area contributed by atoms with E-state index in [0.717, 1.165) is 0 Å². The number of rotatable bonds is 5. The van der Waals surface area contributed by atoms with E-state index in [-0.39, 0.29) is 31.3 Å². The molecule has 0 radical (unpaired) electrons. The molecule has 1 fully saturated rings. The fraction of sp³-hybridized carbons (Fsp3) is 0.211. The van der Waals surface area contributed by atoms with Crippen LogP contribution >= 0.6 is 23.2 Å². The number of ketones is 1. The lowest BCUT2D eigenvalue weighted by atomic mass is 10.1. The highest BCUT2D eigenvalue weighted by Gasteiger charge is 2.36. The minimum Gasteiger partial charge on any atom is -0.457 e. The van der Waals surface area contributed by atoms with Gasteiger partial charge >= 0.3 is 5.97 Å². The molecule has 1 saturated heterocycles. The average molecular weight is 392 g/mol. The number of benzene rings is 2. The van der Waals surface area contributed by atoms with Gasteiger partial charge in [0.25, 0.3) is 0 Å². The van der Waals surface area contributed by atoms with Crippen molar-refractivity contribution in [2.45, 2.75) is 6.42 Å². The zero-order valence-electron chi connectivity index (χ0n) is 13.7. The molecule has 7 heteroatoms. The number of Topliss-reactive ketones (excluding diaryl/α,β-unsaturated/α-hetero) is 1. The van der Waals surface area contributed by atoms with Crippen molar-refractivity contribution >= 4 is 46.5 Å². The molecular formula is C19H15Cl2NO4. The second-order valence-corrected chi connectivity index (χ2v) is 6.72. The summed E-state index contributed by atoms with van der Waals surface area (Å²) in [6.45, 7) is -0.171. The largest absolute Gasteiger partial charge is 0.457 e. The predicted octanol–water partition coefficient (Wildman–Crippen LogP) is 3.77. The van der Waals surface area contributed by atoms with Crippen molar-refractivity contribution < 1.29 is 19.1 Å². The molecule has 1 amide bonds. The zero-order valence-corrected chi connectivity index (χ0v) is 15.2. The summed E-state index contributed by atoms with van der Waals surface area (Å²) in [6.07, 6.45) is 0.0264. The third-order valence-corrected chi connectivity index (χ3v) is 4.85. The Kier molecular flexibility index (Phi) is 5.59. The van der Waals surface area contributed by atoms with E-state index in [9.17, 15) is 14.4 Å². The second-order valence-electron chi connectivity index (χ2n) is 5.90. The minimum atomic E-state index is -0.625. The fourth-order valence-electron chi connectivity index (χ4n) is 2.73. The molecule has 2 aromatic rings. The number of esters is 1. The zero-order chi connectivity index (χ0) is 18.7. The SMILES string of the molecule is O=C(COC(=O)C1CC(=O)N(c2ccc(Cl)c(Cl)c2)C1)c1ccccc1. The highest BCUT2D eigenvalue weighted by atomic mass is 35.5. The van der Waals surface area contributed by atoms with E-state index in [1.165, 1.54) is 4.90 Å². The second kappa shape index (κ2) is 7.89. The summed E-state index contributed by atoms with van der Waals surface area (Å²) in [5.74, 6) is -1.69. The van der Waals surface area contributed by atoms with Crippen LogP contribution in [0.25, 0.3) is 0 Å². The molecule has 0 aromatic heterocycles. The van der Waals surface area contributed by atoms with Crippen molar-refractivity contribution in [1.82, 2.24) is 0 Å². The van der Waals surface area contributed by atoms with Gasteiger partial charge in [0, 0.05) is 24.2 Å². The monoisotopic (exact) mass is 391 g/mol. The number of anilines is 1. The summed E-state index contributed by atoms with van der Waals surface area (Å²) < 4.78 is 5.10. The van der Waals surface area contributed by atoms with Gasteiger partial charge in [-0.15, -0.1) is 0 Å². The minimum absolute atomic E-state index is 0.0264. The van der Waals surface area contributed by atoms with Crippen LogP contribution in [0.4, 0.5) is 5.69 Å². The summed E-state index contributed by atoms with van der Waals surface area (Å²) in [7, 11) is 0. The van der Waals surface area contributed by atoms with Crippen LogP contribution < -0.4 is 4.90 Å². The molecular weight excluding hydrogens is 377 g/mol. The van der Waals surface area contributed by atoms with Gasteiger partial charge < -0.3 is 9.64 Å². The van der Waals surface area contributed by atoms with E-state index < -0.39 is 11.9 Å². The summed E-state index contributed by atoms with van der Waals surface area (Å²) in [4.78, 5) is 37.9. The van der Waals surface area contributed by atoms with Gasteiger partial charge in [-0.25, -0.2) is 0 Å². The molecule has 3 rings (SSSR count). The van der Waals surface area contributed by atoms with Crippen molar-refractivity contribution in [3.05, 3.63) is 64.1 Å². The number of halogens is 2. The van der Waals surface area contributed by atoms with Gasteiger partial charge in [-0.1, -0.05) is 53.5 Å². The molecule has 134 valence electrons. The summed E-state index contributed by atoms with van der Waals surface area (Å²) in [5, 5.41) is 0.717. The summed E-state index contributed by atoms with van der Waals surface area (Å²) >= 11 is 11.9. The molecule has 1 aliphatic heterocycles. The molecule has 1 aliphatic rings. The number of hydrogen-bond acceptors (Lipinski definition) is 4. The first-order chi connectivity index (χ1) is 12.5. The first-order valence-corrected chi connectivity index (χ1v) is 8.71. The Morgan fingerprint density at radius 2 is 1.81 bits per heavy atom. The van der Waals surface area contributed by atoms with Crippen LogP contribution in [0.3, 0.4) is 0 Å². The van der Waals surface area contributed by atoms with Crippen molar-refractivity contribution in [2.24, 2.45) is 5.92 Å². The maximum absolute atomic E-state index is 12.2. The lowest BCUT2D eigenvalue weighted by molar-refractivity contribution is -0.147.